The second-order valence-electron chi connectivity index (χ2n) is 3.48. The molecule has 0 unspecified atom stereocenters. The molecule has 2 aromatic rings. The van der Waals surface area contributed by atoms with E-state index in [1.165, 1.54) is 0 Å². The van der Waals surface area contributed by atoms with Crippen molar-refractivity contribution in [3.05, 3.63) is 40.7 Å². The molecule has 0 spiro atoms. The molecule has 0 atom stereocenters. The highest BCUT2D eigenvalue weighted by Crippen LogP contribution is 2.19. The molecule has 1 heterocycles. The number of aromatic nitrogens is 2. The van der Waals surface area contributed by atoms with E-state index in [1.54, 1.807) is 7.11 Å². The molecular weight excluding hydrogens is 220 g/mol. The van der Waals surface area contributed by atoms with Gasteiger partial charge in [0.05, 0.1) is 7.11 Å². The van der Waals surface area contributed by atoms with Crippen molar-refractivity contribution in [3.63, 3.8) is 0 Å². The second-order valence-corrected chi connectivity index (χ2v) is 3.90. The van der Waals surface area contributed by atoms with E-state index in [0.29, 0.717) is 4.64 Å². The Morgan fingerprint density at radius 1 is 1.25 bits per heavy atom. The molecule has 0 aliphatic heterocycles. The standard InChI is InChI=1S/C12H12N2OS/c1-8-7-11(16)14-12(13-8)9-3-5-10(15-2)6-4-9/h3-7H,1-2H3,(H,13,14,16). The molecule has 1 N–H and O–H groups in total. The Balaban J connectivity index is 2.46. The van der Waals surface area contributed by atoms with Crippen molar-refractivity contribution in [2.75, 3.05) is 7.11 Å². The smallest absolute Gasteiger partial charge is 0.139 e. The van der Waals surface area contributed by atoms with Crippen molar-refractivity contribution in [1.82, 2.24) is 9.97 Å². The van der Waals surface area contributed by atoms with E-state index < -0.39 is 0 Å². The first-order valence-corrected chi connectivity index (χ1v) is 5.32. The largest absolute Gasteiger partial charge is 0.497 e. The molecule has 4 heteroatoms. The van der Waals surface area contributed by atoms with Crippen molar-refractivity contribution in [3.8, 4) is 17.1 Å². The lowest BCUT2D eigenvalue weighted by molar-refractivity contribution is 0.415. The van der Waals surface area contributed by atoms with Crippen LogP contribution in [0.5, 0.6) is 5.75 Å². The number of nitrogens with one attached hydrogen (secondary N) is 1. The summed E-state index contributed by atoms with van der Waals surface area (Å²) in [4.78, 5) is 7.46. The molecule has 1 aromatic carbocycles. The van der Waals surface area contributed by atoms with E-state index in [0.717, 1.165) is 22.8 Å². The van der Waals surface area contributed by atoms with Crippen molar-refractivity contribution >= 4 is 12.2 Å². The molecule has 0 aliphatic rings. The molecule has 0 saturated heterocycles. The van der Waals surface area contributed by atoms with Crippen LogP contribution in [0.15, 0.2) is 30.3 Å². The zero-order valence-electron chi connectivity index (χ0n) is 9.15. The first kappa shape index (κ1) is 10.8. The SMILES string of the molecule is COc1ccc(-c2nc(=S)cc(C)[nH]2)cc1. The van der Waals surface area contributed by atoms with Crippen LogP contribution in [-0.2, 0) is 0 Å². The number of hydrogen-bond donors (Lipinski definition) is 1. The maximum atomic E-state index is 5.10. The number of aryl methyl sites for hydroxylation is 1. The van der Waals surface area contributed by atoms with Crippen LogP contribution < -0.4 is 4.74 Å². The first-order valence-electron chi connectivity index (χ1n) is 4.91. The van der Waals surface area contributed by atoms with Gasteiger partial charge in [0.15, 0.2) is 0 Å². The third-order valence-electron chi connectivity index (χ3n) is 2.24. The number of H-pyrrole nitrogens is 1. The molecule has 0 radical (unpaired) electrons. The van der Waals surface area contributed by atoms with Crippen LogP contribution in [-0.4, -0.2) is 17.1 Å². The number of hydrogen-bond acceptors (Lipinski definition) is 3. The van der Waals surface area contributed by atoms with Crippen LogP contribution in [0.1, 0.15) is 5.69 Å². The fourth-order valence-electron chi connectivity index (χ4n) is 1.46. The summed E-state index contributed by atoms with van der Waals surface area (Å²) in [6.07, 6.45) is 0. The third kappa shape index (κ3) is 2.28. The van der Waals surface area contributed by atoms with Gasteiger partial charge in [-0.25, -0.2) is 4.98 Å². The normalized spacial score (nSPS) is 10.1. The summed E-state index contributed by atoms with van der Waals surface area (Å²) in [5, 5.41) is 0. The van der Waals surface area contributed by atoms with Gasteiger partial charge in [0, 0.05) is 11.3 Å². The molecule has 1 aromatic heterocycles. The minimum Gasteiger partial charge on any atom is -0.497 e. The first-order chi connectivity index (χ1) is 7.69. The maximum Gasteiger partial charge on any atom is 0.139 e. The highest BCUT2D eigenvalue weighted by molar-refractivity contribution is 7.71. The highest BCUT2D eigenvalue weighted by Gasteiger charge is 2.00. The molecule has 3 nitrogen and oxygen atoms in total. The van der Waals surface area contributed by atoms with Crippen LogP contribution in [0.3, 0.4) is 0 Å². The third-order valence-corrected chi connectivity index (χ3v) is 2.45. The number of aromatic amines is 1. The molecule has 82 valence electrons. The van der Waals surface area contributed by atoms with E-state index >= 15 is 0 Å². The fourth-order valence-corrected chi connectivity index (χ4v) is 1.73. The van der Waals surface area contributed by atoms with Gasteiger partial charge in [-0.3, -0.25) is 0 Å². The Bertz CT molecular complexity index is 546. The molecule has 0 aliphatic carbocycles. The van der Waals surface area contributed by atoms with Gasteiger partial charge in [-0.2, -0.15) is 0 Å². The van der Waals surface area contributed by atoms with E-state index in [2.05, 4.69) is 9.97 Å². The second kappa shape index (κ2) is 4.45. The molecule has 0 fully saturated rings. The fraction of sp³-hybridized carbons (Fsp3) is 0.167. The maximum absolute atomic E-state index is 5.10. The van der Waals surface area contributed by atoms with E-state index in [1.807, 2.05) is 37.3 Å². The summed E-state index contributed by atoms with van der Waals surface area (Å²) in [6, 6.07) is 9.53. The van der Waals surface area contributed by atoms with Gasteiger partial charge in [0.1, 0.15) is 16.2 Å². The van der Waals surface area contributed by atoms with E-state index in [4.69, 9.17) is 17.0 Å². The zero-order chi connectivity index (χ0) is 11.5. The average Bonchev–Trinajstić information content (AvgIpc) is 2.28. The summed E-state index contributed by atoms with van der Waals surface area (Å²) in [5.74, 6) is 1.61. The lowest BCUT2D eigenvalue weighted by Gasteiger charge is -2.04. The Morgan fingerprint density at radius 3 is 2.50 bits per heavy atom. The molecule has 0 bridgehead atoms. The molecule has 2 rings (SSSR count). The minimum absolute atomic E-state index is 0.599. The lowest BCUT2D eigenvalue weighted by Crippen LogP contribution is -1.92. The Labute approximate surface area is 99.1 Å². The summed E-state index contributed by atoms with van der Waals surface area (Å²) >= 11 is 5.08. The Kier molecular flexibility index (Phi) is 3.01. The predicted octanol–water partition coefficient (Wildman–Crippen LogP) is 3.12. The van der Waals surface area contributed by atoms with Gasteiger partial charge in [-0.05, 0) is 37.3 Å². The van der Waals surface area contributed by atoms with Gasteiger partial charge >= 0.3 is 0 Å². The summed E-state index contributed by atoms with van der Waals surface area (Å²) in [5.41, 5.74) is 2.00. The van der Waals surface area contributed by atoms with E-state index in [9.17, 15) is 0 Å². The van der Waals surface area contributed by atoms with Crippen LogP contribution >= 0.6 is 12.2 Å². The quantitative estimate of drug-likeness (QED) is 0.808. The number of methoxy groups -OCH3 is 1. The van der Waals surface area contributed by atoms with Crippen molar-refractivity contribution in [2.24, 2.45) is 0 Å². The Morgan fingerprint density at radius 2 is 1.94 bits per heavy atom. The monoisotopic (exact) mass is 232 g/mol. The summed E-state index contributed by atoms with van der Waals surface area (Å²) < 4.78 is 5.70. The molecule has 16 heavy (non-hydrogen) atoms. The van der Waals surface area contributed by atoms with Crippen molar-refractivity contribution < 1.29 is 4.74 Å². The van der Waals surface area contributed by atoms with Crippen molar-refractivity contribution in [2.45, 2.75) is 6.92 Å². The van der Waals surface area contributed by atoms with Gasteiger partial charge in [0.25, 0.3) is 0 Å². The molecule has 0 saturated carbocycles. The topological polar surface area (TPSA) is 37.9 Å². The summed E-state index contributed by atoms with van der Waals surface area (Å²) in [7, 11) is 1.65. The molecular formula is C12H12N2OS. The van der Waals surface area contributed by atoms with Gasteiger partial charge in [-0.15, -0.1) is 0 Å². The number of nitrogens with zero attached hydrogens (tertiary/aromatic N) is 1. The Hall–Kier alpha value is -1.68. The predicted molar refractivity (Wildman–Crippen MR) is 66.1 cm³/mol. The summed E-state index contributed by atoms with van der Waals surface area (Å²) in [6.45, 7) is 1.96. The lowest BCUT2D eigenvalue weighted by atomic mass is 10.2. The van der Waals surface area contributed by atoms with Crippen LogP contribution in [0.25, 0.3) is 11.4 Å². The molecule has 0 amide bonds. The zero-order valence-corrected chi connectivity index (χ0v) is 9.97. The minimum atomic E-state index is 0.599. The number of ether oxygens (including phenoxy) is 1. The average molecular weight is 232 g/mol. The van der Waals surface area contributed by atoms with Gasteiger partial charge in [-0.1, -0.05) is 12.2 Å². The van der Waals surface area contributed by atoms with Crippen LogP contribution in [0.4, 0.5) is 0 Å². The number of benzene rings is 1. The van der Waals surface area contributed by atoms with Crippen molar-refractivity contribution in [1.29, 1.82) is 0 Å². The van der Waals surface area contributed by atoms with Gasteiger partial charge < -0.3 is 9.72 Å². The van der Waals surface area contributed by atoms with Crippen LogP contribution in [0, 0.1) is 11.6 Å². The number of rotatable bonds is 2. The van der Waals surface area contributed by atoms with Crippen LogP contribution in [0.2, 0.25) is 0 Å². The highest BCUT2D eigenvalue weighted by atomic mass is 32.1. The van der Waals surface area contributed by atoms with Gasteiger partial charge in [0.2, 0.25) is 0 Å². The van der Waals surface area contributed by atoms with E-state index in [-0.39, 0.29) is 0 Å².